The fourth-order valence-electron chi connectivity index (χ4n) is 1.92. The van der Waals surface area contributed by atoms with E-state index < -0.39 is 0 Å². The maximum atomic E-state index is 12.0. The molecule has 0 fully saturated rings. The summed E-state index contributed by atoms with van der Waals surface area (Å²) in [6.45, 7) is 4.02. The molecule has 0 saturated carbocycles. The van der Waals surface area contributed by atoms with E-state index in [0.717, 1.165) is 20.6 Å². The predicted molar refractivity (Wildman–Crippen MR) is 93.8 cm³/mol. The fourth-order valence-corrected chi connectivity index (χ4v) is 3.23. The van der Waals surface area contributed by atoms with Crippen LogP contribution in [0.2, 0.25) is 0 Å². The maximum absolute atomic E-state index is 12.0. The molecule has 110 valence electrons. The van der Waals surface area contributed by atoms with Crippen molar-refractivity contribution >= 4 is 45.0 Å². The van der Waals surface area contributed by atoms with Crippen LogP contribution in [0.5, 0.6) is 0 Å². The van der Waals surface area contributed by atoms with Crippen molar-refractivity contribution in [2.45, 2.75) is 18.7 Å². The zero-order valence-electron chi connectivity index (χ0n) is 11.9. The van der Waals surface area contributed by atoms with E-state index in [9.17, 15) is 4.79 Å². The number of halogens is 1. The highest BCUT2D eigenvalue weighted by molar-refractivity contribution is 9.10. The third-order valence-electron chi connectivity index (χ3n) is 2.99. The van der Waals surface area contributed by atoms with Crippen LogP contribution in [0, 0.1) is 13.8 Å². The summed E-state index contributed by atoms with van der Waals surface area (Å²) in [6.07, 6.45) is 0. The second kappa shape index (κ2) is 7.00. The van der Waals surface area contributed by atoms with Gasteiger partial charge in [0.25, 0.3) is 0 Å². The Morgan fingerprint density at radius 2 is 2.00 bits per heavy atom. The van der Waals surface area contributed by atoms with Gasteiger partial charge in [-0.25, -0.2) is 0 Å². The van der Waals surface area contributed by atoms with Crippen molar-refractivity contribution in [1.82, 2.24) is 0 Å². The lowest BCUT2D eigenvalue weighted by atomic mass is 10.1. The molecule has 3 N–H and O–H groups in total. The molecule has 0 radical (unpaired) electrons. The molecule has 2 aromatic carbocycles. The smallest absolute Gasteiger partial charge is 0.234 e. The number of nitrogens with two attached hydrogens (primary N) is 1. The summed E-state index contributed by atoms with van der Waals surface area (Å²) in [7, 11) is 0. The third kappa shape index (κ3) is 4.51. The largest absolute Gasteiger partial charge is 0.398 e. The molecule has 0 heterocycles. The van der Waals surface area contributed by atoms with Crippen molar-refractivity contribution in [2.75, 3.05) is 16.8 Å². The molecule has 0 aromatic heterocycles. The number of hydrogen-bond acceptors (Lipinski definition) is 3. The normalized spacial score (nSPS) is 10.4. The van der Waals surface area contributed by atoms with Gasteiger partial charge in [0.1, 0.15) is 0 Å². The van der Waals surface area contributed by atoms with Crippen molar-refractivity contribution in [3.8, 4) is 0 Å². The number of thioether (sulfide) groups is 1. The molecule has 0 atom stereocenters. The molecule has 0 saturated heterocycles. The lowest BCUT2D eigenvalue weighted by Gasteiger charge is -2.10. The molecule has 0 aliphatic rings. The van der Waals surface area contributed by atoms with Gasteiger partial charge in [-0.05, 0) is 43.7 Å². The number of carbonyl (C=O) groups is 1. The van der Waals surface area contributed by atoms with Crippen molar-refractivity contribution in [1.29, 1.82) is 0 Å². The van der Waals surface area contributed by atoms with Gasteiger partial charge in [-0.3, -0.25) is 4.79 Å². The molecule has 1 amide bonds. The lowest BCUT2D eigenvalue weighted by Crippen LogP contribution is -2.15. The second-order valence-corrected chi connectivity index (χ2v) is 6.77. The first-order chi connectivity index (χ1) is 9.95. The van der Waals surface area contributed by atoms with E-state index in [1.807, 2.05) is 44.2 Å². The average Bonchev–Trinajstić information content (AvgIpc) is 2.43. The quantitative estimate of drug-likeness (QED) is 0.625. The molecule has 5 heteroatoms. The summed E-state index contributed by atoms with van der Waals surface area (Å²) in [6, 6.07) is 11.6. The second-order valence-electron chi connectivity index (χ2n) is 4.84. The van der Waals surface area contributed by atoms with Gasteiger partial charge in [0.05, 0.1) is 5.75 Å². The molecule has 0 unspecified atom stereocenters. The summed E-state index contributed by atoms with van der Waals surface area (Å²) < 4.78 is 0.953. The number of rotatable bonds is 4. The summed E-state index contributed by atoms with van der Waals surface area (Å²) in [5, 5.41) is 2.93. The first-order valence-corrected chi connectivity index (χ1v) is 8.28. The number of aryl methyl sites for hydroxylation is 2. The van der Waals surface area contributed by atoms with E-state index in [0.29, 0.717) is 11.4 Å². The van der Waals surface area contributed by atoms with Crippen LogP contribution in [0.3, 0.4) is 0 Å². The van der Waals surface area contributed by atoms with E-state index in [4.69, 9.17) is 5.73 Å². The Morgan fingerprint density at radius 1 is 1.24 bits per heavy atom. The number of nitrogen functional groups attached to an aromatic ring is 1. The number of amides is 1. The minimum absolute atomic E-state index is 0.0358. The molecular weight excluding hydrogens is 348 g/mol. The third-order valence-corrected chi connectivity index (χ3v) is 4.55. The molecular formula is C16H17BrN2OS. The Labute approximate surface area is 137 Å². The minimum atomic E-state index is -0.0358. The van der Waals surface area contributed by atoms with Crippen LogP contribution in [0.4, 0.5) is 11.4 Å². The van der Waals surface area contributed by atoms with E-state index in [-0.39, 0.29) is 5.91 Å². The molecule has 0 aliphatic heterocycles. The van der Waals surface area contributed by atoms with Gasteiger partial charge in [-0.2, -0.15) is 0 Å². The summed E-state index contributed by atoms with van der Waals surface area (Å²) in [5.41, 5.74) is 9.68. The Hall–Kier alpha value is -1.46. The molecule has 3 nitrogen and oxygen atoms in total. The van der Waals surface area contributed by atoms with Crippen LogP contribution in [0.15, 0.2) is 45.8 Å². The molecule has 0 spiro atoms. The van der Waals surface area contributed by atoms with Gasteiger partial charge in [0, 0.05) is 20.7 Å². The molecule has 2 aromatic rings. The monoisotopic (exact) mass is 364 g/mol. The van der Waals surface area contributed by atoms with Crippen LogP contribution >= 0.6 is 27.7 Å². The Kier molecular flexibility index (Phi) is 5.31. The van der Waals surface area contributed by atoms with Gasteiger partial charge in [-0.15, -0.1) is 11.8 Å². The van der Waals surface area contributed by atoms with E-state index in [1.165, 1.54) is 17.3 Å². The van der Waals surface area contributed by atoms with Crippen LogP contribution in [-0.2, 0) is 4.79 Å². The van der Waals surface area contributed by atoms with E-state index in [2.05, 4.69) is 27.3 Å². The number of anilines is 2. The maximum Gasteiger partial charge on any atom is 0.234 e. The van der Waals surface area contributed by atoms with Crippen LogP contribution in [-0.4, -0.2) is 11.7 Å². The Morgan fingerprint density at radius 3 is 2.71 bits per heavy atom. The number of hydrogen-bond donors (Lipinski definition) is 2. The van der Waals surface area contributed by atoms with Gasteiger partial charge >= 0.3 is 0 Å². The predicted octanol–water partition coefficient (Wildman–Crippen LogP) is 4.38. The van der Waals surface area contributed by atoms with Crippen LogP contribution < -0.4 is 11.1 Å². The average molecular weight is 365 g/mol. The summed E-state index contributed by atoms with van der Waals surface area (Å²) in [5.74, 6) is 0.292. The lowest BCUT2D eigenvalue weighted by molar-refractivity contribution is -0.113. The molecule has 2 rings (SSSR count). The summed E-state index contributed by atoms with van der Waals surface area (Å²) >= 11 is 4.83. The van der Waals surface area contributed by atoms with Crippen LogP contribution in [0.25, 0.3) is 0 Å². The Balaban J connectivity index is 1.97. The SMILES string of the molecule is Cc1ccc(NC(=O)CSc2cc(Br)ccc2N)c(C)c1. The van der Waals surface area contributed by atoms with E-state index >= 15 is 0 Å². The van der Waals surface area contributed by atoms with Gasteiger partial charge in [-0.1, -0.05) is 33.6 Å². The van der Waals surface area contributed by atoms with Gasteiger partial charge in [0.2, 0.25) is 5.91 Å². The molecule has 21 heavy (non-hydrogen) atoms. The minimum Gasteiger partial charge on any atom is -0.398 e. The van der Waals surface area contributed by atoms with Crippen LogP contribution in [0.1, 0.15) is 11.1 Å². The molecule has 0 aliphatic carbocycles. The van der Waals surface area contributed by atoms with Crippen molar-refractivity contribution in [2.24, 2.45) is 0 Å². The van der Waals surface area contributed by atoms with Crippen molar-refractivity contribution in [3.05, 3.63) is 52.0 Å². The highest BCUT2D eigenvalue weighted by Gasteiger charge is 2.08. The zero-order chi connectivity index (χ0) is 15.4. The molecule has 0 bridgehead atoms. The van der Waals surface area contributed by atoms with Crippen molar-refractivity contribution in [3.63, 3.8) is 0 Å². The first-order valence-electron chi connectivity index (χ1n) is 6.50. The highest BCUT2D eigenvalue weighted by Crippen LogP contribution is 2.28. The van der Waals surface area contributed by atoms with Gasteiger partial charge in [0.15, 0.2) is 0 Å². The first kappa shape index (κ1) is 15.9. The fraction of sp³-hybridized carbons (Fsp3) is 0.188. The standard InChI is InChI=1S/C16H17BrN2OS/c1-10-3-6-14(11(2)7-10)19-16(20)9-21-15-8-12(17)4-5-13(15)18/h3-8H,9,18H2,1-2H3,(H,19,20). The number of benzene rings is 2. The zero-order valence-corrected chi connectivity index (χ0v) is 14.3. The Bertz CT molecular complexity index is 673. The topological polar surface area (TPSA) is 55.1 Å². The number of nitrogens with one attached hydrogen (secondary N) is 1. The van der Waals surface area contributed by atoms with Crippen molar-refractivity contribution < 1.29 is 4.79 Å². The van der Waals surface area contributed by atoms with E-state index in [1.54, 1.807) is 0 Å². The number of carbonyl (C=O) groups excluding carboxylic acids is 1. The van der Waals surface area contributed by atoms with Gasteiger partial charge < -0.3 is 11.1 Å². The highest BCUT2D eigenvalue weighted by atomic mass is 79.9. The summed E-state index contributed by atoms with van der Waals surface area (Å²) in [4.78, 5) is 12.9.